The first-order chi connectivity index (χ1) is 6.33. The number of nitrogens with one attached hydrogen (secondary N) is 1. The molecule has 0 bridgehead atoms. The first-order valence-corrected chi connectivity index (χ1v) is 11.1. The summed E-state index contributed by atoms with van der Waals surface area (Å²) in [6, 6.07) is -0.500. The number of carbonyl (C=O) groups excluding carboxylic acids is 2. The fraction of sp³-hybridized carbons (Fsp3) is 0.778. The Bertz CT molecular complexity index is 265. The minimum atomic E-state index is -2.55. The van der Waals surface area contributed by atoms with Crippen molar-refractivity contribution >= 4 is 25.5 Å². The molecule has 0 spiro atoms. The summed E-state index contributed by atoms with van der Waals surface area (Å²) in [5.41, 5.74) is 0. The molecule has 1 amide bonds. The van der Waals surface area contributed by atoms with E-state index in [1.807, 2.05) is 18.4 Å². The predicted molar refractivity (Wildman–Crippen MR) is 55.2 cm³/mol. The van der Waals surface area contributed by atoms with Crippen LogP contribution in [0.4, 0.5) is 0 Å². The Kier molecular flexibility index (Phi) is 3.24. The molecule has 1 saturated heterocycles. The van der Waals surface area contributed by atoms with Crippen LogP contribution in [0.1, 0.15) is 20.3 Å². The monoisotopic (exact) mass is 261 g/mol. The summed E-state index contributed by atoms with van der Waals surface area (Å²) >= 11 is -2.55. The summed E-state index contributed by atoms with van der Waals surface area (Å²) in [6.07, 6.45) is 0.477. The van der Waals surface area contributed by atoms with Gasteiger partial charge in [0.15, 0.2) is 0 Å². The summed E-state index contributed by atoms with van der Waals surface area (Å²) in [4.78, 5) is 22.9. The van der Waals surface area contributed by atoms with E-state index in [1.165, 1.54) is 0 Å². The van der Waals surface area contributed by atoms with E-state index >= 15 is 0 Å². The van der Waals surface area contributed by atoms with E-state index in [9.17, 15) is 9.59 Å². The number of amides is 1. The van der Waals surface area contributed by atoms with Crippen molar-refractivity contribution in [3.05, 3.63) is 0 Å². The Morgan fingerprint density at radius 3 is 2.50 bits per heavy atom. The molecule has 0 aromatic heterocycles. The second kappa shape index (κ2) is 3.92. The van der Waals surface area contributed by atoms with E-state index in [0.29, 0.717) is 6.42 Å². The van der Waals surface area contributed by atoms with Crippen LogP contribution >= 0.6 is 0 Å². The van der Waals surface area contributed by atoms with Gasteiger partial charge in [-0.3, -0.25) is 0 Å². The van der Waals surface area contributed by atoms with Crippen LogP contribution in [0.3, 0.4) is 0 Å². The van der Waals surface area contributed by atoms with E-state index in [-0.39, 0.29) is 16.6 Å². The molecule has 0 aromatic rings. The third-order valence-electron chi connectivity index (χ3n) is 2.77. The van der Waals surface area contributed by atoms with E-state index < -0.39 is 19.6 Å². The third-order valence-corrected chi connectivity index (χ3v) is 9.71. The molecule has 2 atom stereocenters. The second-order valence-corrected chi connectivity index (χ2v) is 13.6. The Labute approximate surface area is 87.1 Å². The van der Waals surface area contributed by atoms with Crippen molar-refractivity contribution < 1.29 is 13.4 Å². The molecule has 0 radical (unpaired) electrons. The minimum absolute atomic E-state index is 0.0413. The summed E-state index contributed by atoms with van der Waals surface area (Å²) in [5.74, 6) is 3.72. The SMILES string of the molecule is CC1NC(=O)C[CH](C)[Ge]([CH3])([CH3])[O]C1=O. The van der Waals surface area contributed by atoms with Crippen LogP contribution in [0.5, 0.6) is 0 Å². The molecule has 1 N–H and O–H groups in total. The molecule has 0 aromatic carbocycles. The van der Waals surface area contributed by atoms with Crippen LogP contribution in [-0.4, -0.2) is 31.5 Å². The zero-order valence-electron chi connectivity index (χ0n) is 9.09. The van der Waals surface area contributed by atoms with Gasteiger partial charge < -0.3 is 0 Å². The van der Waals surface area contributed by atoms with E-state index in [0.717, 1.165) is 0 Å². The van der Waals surface area contributed by atoms with Crippen LogP contribution < -0.4 is 5.32 Å². The van der Waals surface area contributed by atoms with Crippen LogP contribution in [0.15, 0.2) is 0 Å². The quantitative estimate of drug-likeness (QED) is 0.662. The fourth-order valence-electron chi connectivity index (χ4n) is 1.33. The third kappa shape index (κ3) is 2.50. The van der Waals surface area contributed by atoms with Crippen molar-refractivity contribution in [2.24, 2.45) is 0 Å². The van der Waals surface area contributed by atoms with Gasteiger partial charge in [0.25, 0.3) is 0 Å². The molecule has 5 heteroatoms. The Morgan fingerprint density at radius 2 is 1.93 bits per heavy atom. The number of rotatable bonds is 0. The molecule has 1 heterocycles. The predicted octanol–water partition coefficient (Wildman–Crippen LogP) is 1.03. The summed E-state index contributed by atoms with van der Waals surface area (Å²) in [7, 11) is 0. The first-order valence-electron chi connectivity index (χ1n) is 4.85. The molecule has 4 nitrogen and oxygen atoms in total. The Balaban J connectivity index is 2.85. The topological polar surface area (TPSA) is 55.4 Å². The van der Waals surface area contributed by atoms with Crippen molar-refractivity contribution in [3.63, 3.8) is 0 Å². The van der Waals surface area contributed by atoms with Crippen molar-refractivity contribution in [3.8, 4) is 0 Å². The average Bonchev–Trinajstić information content (AvgIpc) is 2.01. The van der Waals surface area contributed by atoms with Gasteiger partial charge in [0.1, 0.15) is 0 Å². The number of carbonyl (C=O) groups is 2. The van der Waals surface area contributed by atoms with Gasteiger partial charge in [-0.05, 0) is 0 Å². The van der Waals surface area contributed by atoms with E-state index in [2.05, 4.69) is 5.32 Å². The molecular formula is C9H17GeNO3. The Morgan fingerprint density at radius 1 is 1.36 bits per heavy atom. The van der Waals surface area contributed by atoms with Crippen LogP contribution in [0.2, 0.25) is 16.3 Å². The van der Waals surface area contributed by atoms with E-state index in [4.69, 9.17) is 3.76 Å². The molecular weight excluding hydrogens is 243 g/mol. The van der Waals surface area contributed by atoms with Crippen molar-refractivity contribution in [2.45, 2.75) is 42.6 Å². The standard InChI is InChI=1S/C9H17GeNO3/c1-6-5-8(12)11-7(2)9(13)14-10(6,3)4/h6-7H,5H2,1-4H3,(H,11,12). The molecule has 1 fully saturated rings. The van der Waals surface area contributed by atoms with Crippen molar-refractivity contribution in [2.75, 3.05) is 0 Å². The molecule has 1 rings (SSSR count). The van der Waals surface area contributed by atoms with Gasteiger partial charge in [0, 0.05) is 0 Å². The molecule has 0 saturated carbocycles. The summed E-state index contributed by atoms with van der Waals surface area (Å²) in [6.45, 7) is 3.65. The van der Waals surface area contributed by atoms with Gasteiger partial charge in [-0.2, -0.15) is 0 Å². The maximum absolute atomic E-state index is 11.5. The zero-order valence-corrected chi connectivity index (χ0v) is 11.2. The van der Waals surface area contributed by atoms with Gasteiger partial charge in [-0.25, -0.2) is 0 Å². The maximum atomic E-state index is 11.5. The van der Waals surface area contributed by atoms with Crippen molar-refractivity contribution in [1.82, 2.24) is 5.32 Å². The fourth-order valence-corrected chi connectivity index (χ4v) is 4.63. The summed E-state index contributed by atoms with van der Waals surface area (Å²) < 4.78 is 5.70. The van der Waals surface area contributed by atoms with Gasteiger partial charge >= 0.3 is 86.7 Å². The molecule has 14 heavy (non-hydrogen) atoms. The van der Waals surface area contributed by atoms with Crippen molar-refractivity contribution in [1.29, 1.82) is 0 Å². The number of hydrogen-bond acceptors (Lipinski definition) is 3. The number of hydrogen-bond donors (Lipinski definition) is 1. The second-order valence-electron chi connectivity index (χ2n) is 4.42. The molecule has 1 aliphatic heterocycles. The molecule has 0 aliphatic carbocycles. The first kappa shape index (κ1) is 11.6. The van der Waals surface area contributed by atoms with Crippen LogP contribution in [-0.2, 0) is 13.4 Å². The zero-order chi connectivity index (χ0) is 10.9. The molecule has 1 aliphatic rings. The van der Waals surface area contributed by atoms with Gasteiger partial charge in [-0.15, -0.1) is 0 Å². The summed E-state index contributed by atoms with van der Waals surface area (Å²) in [5, 5.41) is 2.62. The Hall–Kier alpha value is -0.517. The van der Waals surface area contributed by atoms with Gasteiger partial charge in [-0.1, -0.05) is 0 Å². The van der Waals surface area contributed by atoms with Crippen LogP contribution in [0, 0.1) is 0 Å². The molecule has 80 valence electrons. The van der Waals surface area contributed by atoms with Gasteiger partial charge in [0.05, 0.1) is 0 Å². The van der Waals surface area contributed by atoms with E-state index in [1.54, 1.807) is 6.92 Å². The van der Waals surface area contributed by atoms with Crippen LogP contribution in [0.25, 0.3) is 0 Å². The normalized spacial score (nSPS) is 32.6. The average molecular weight is 260 g/mol. The molecule has 2 unspecified atom stereocenters. The van der Waals surface area contributed by atoms with Gasteiger partial charge in [0.2, 0.25) is 0 Å².